The van der Waals surface area contributed by atoms with Gasteiger partial charge in [-0.15, -0.1) is 0 Å². The summed E-state index contributed by atoms with van der Waals surface area (Å²) in [6, 6.07) is 4.10. The van der Waals surface area contributed by atoms with Crippen LogP contribution in [0, 0.1) is 5.82 Å². The highest BCUT2D eigenvalue weighted by molar-refractivity contribution is 6.31. The van der Waals surface area contributed by atoms with Crippen molar-refractivity contribution in [3.63, 3.8) is 0 Å². The zero-order valence-corrected chi connectivity index (χ0v) is 18.9. The Morgan fingerprint density at radius 3 is 2.85 bits per heavy atom. The van der Waals surface area contributed by atoms with Gasteiger partial charge in [0.25, 0.3) is 5.56 Å². The topological polar surface area (TPSA) is 101 Å². The number of carbonyl (C=O) groups excluding carboxylic acids is 1. The van der Waals surface area contributed by atoms with E-state index in [0.29, 0.717) is 25.3 Å². The highest BCUT2D eigenvalue weighted by Gasteiger charge is 2.25. The number of ether oxygens (including phenoxy) is 2. The Balaban J connectivity index is 1.39. The van der Waals surface area contributed by atoms with E-state index in [1.54, 1.807) is 11.0 Å². The van der Waals surface area contributed by atoms with E-state index >= 15 is 0 Å². The summed E-state index contributed by atoms with van der Waals surface area (Å²) in [6.45, 7) is 1.40. The summed E-state index contributed by atoms with van der Waals surface area (Å²) in [7, 11) is 2.91. The minimum Gasteiger partial charge on any atom is -0.374 e. The van der Waals surface area contributed by atoms with Crippen LogP contribution in [-0.2, 0) is 41.5 Å². The molecule has 2 aromatic heterocycles. The van der Waals surface area contributed by atoms with Gasteiger partial charge >= 0.3 is 5.69 Å². The molecule has 1 atom stereocenters. The third-order valence-electron chi connectivity index (χ3n) is 5.59. The van der Waals surface area contributed by atoms with Crippen molar-refractivity contribution < 1.29 is 18.7 Å². The first-order valence-electron chi connectivity index (χ1n) is 10.3. The van der Waals surface area contributed by atoms with Gasteiger partial charge in [-0.3, -0.25) is 18.7 Å². The summed E-state index contributed by atoms with van der Waals surface area (Å²) < 4.78 is 28.2. The van der Waals surface area contributed by atoms with Gasteiger partial charge in [0.05, 0.1) is 32.3 Å². The molecule has 3 heterocycles. The zero-order valence-electron chi connectivity index (χ0n) is 18.2. The summed E-state index contributed by atoms with van der Waals surface area (Å²) in [5, 5.41) is 0.285. The number of hydrogen-bond acceptors (Lipinski definition) is 6. The predicted octanol–water partition coefficient (Wildman–Crippen LogP) is 0.670. The molecule has 1 aliphatic rings. The molecule has 33 heavy (non-hydrogen) atoms. The molecule has 10 nitrogen and oxygen atoms in total. The number of aryl methyl sites for hydroxylation is 1. The maximum Gasteiger partial charge on any atom is 0.332 e. The van der Waals surface area contributed by atoms with Crippen molar-refractivity contribution >= 4 is 28.7 Å². The summed E-state index contributed by atoms with van der Waals surface area (Å²) in [6.07, 6.45) is 1.05. The maximum absolute atomic E-state index is 13.2. The van der Waals surface area contributed by atoms with Crippen LogP contribution in [0.15, 0.2) is 34.1 Å². The number of morpholine rings is 1. The fourth-order valence-corrected chi connectivity index (χ4v) is 3.97. The number of benzene rings is 1. The SMILES string of the molecule is Cn1c(=O)c2c(ncn2CC(=O)N2CCOC(COCc3ccc(F)cc3Cl)C2)n(C)c1=O. The molecular formula is C21H23ClFN5O5. The van der Waals surface area contributed by atoms with Crippen LogP contribution in [0.25, 0.3) is 11.2 Å². The normalized spacial score (nSPS) is 16.5. The van der Waals surface area contributed by atoms with E-state index in [-0.39, 0.29) is 48.0 Å². The van der Waals surface area contributed by atoms with Gasteiger partial charge in [-0.2, -0.15) is 0 Å². The van der Waals surface area contributed by atoms with Crippen molar-refractivity contribution in [3.8, 4) is 0 Å². The van der Waals surface area contributed by atoms with Crippen LogP contribution in [0.1, 0.15) is 5.56 Å². The van der Waals surface area contributed by atoms with Gasteiger partial charge in [0.2, 0.25) is 5.91 Å². The number of carbonyl (C=O) groups is 1. The van der Waals surface area contributed by atoms with E-state index in [1.165, 1.54) is 41.7 Å². The van der Waals surface area contributed by atoms with Gasteiger partial charge in [0, 0.05) is 32.2 Å². The van der Waals surface area contributed by atoms with Gasteiger partial charge in [-0.25, -0.2) is 14.2 Å². The average molecular weight is 480 g/mol. The molecule has 0 spiro atoms. The Labute approximate surface area is 192 Å². The molecule has 0 radical (unpaired) electrons. The lowest BCUT2D eigenvalue weighted by molar-refractivity contribution is -0.142. The monoisotopic (exact) mass is 479 g/mol. The van der Waals surface area contributed by atoms with Crippen molar-refractivity contribution in [1.29, 1.82) is 0 Å². The van der Waals surface area contributed by atoms with Crippen molar-refractivity contribution in [3.05, 3.63) is 61.8 Å². The van der Waals surface area contributed by atoms with Crippen molar-refractivity contribution in [1.82, 2.24) is 23.6 Å². The molecule has 3 aromatic rings. The lowest BCUT2D eigenvalue weighted by atomic mass is 10.2. The van der Waals surface area contributed by atoms with Crippen LogP contribution in [0.3, 0.4) is 0 Å². The predicted molar refractivity (Wildman–Crippen MR) is 118 cm³/mol. The third-order valence-corrected chi connectivity index (χ3v) is 5.94. The second kappa shape index (κ2) is 9.46. The van der Waals surface area contributed by atoms with Crippen molar-refractivity contribution in [2.45, 2.75) is 19.3 Å². The van der Waals surface area contributed by atoms with E-state index < -0.39 is 17.1 Å². The fraction of sp³-hybridized carbons (Fsp3) is 0.429. The highest BCUT2D eigenvalue weighted by atomic mass is 35.5. The van der Waals surface area contributed by atoms with E-state index in [2.05, 4.69) is 4.98 Å². The molecule has 0 bridgehead atoms. The number of fused-ring (bicyclic) bond motifs is 1. The molecule has 0 saturated carbocycles. The summed E-state index contributed by atoms with van der Waals surface area (Å²) >= 11 is 6.01. The smallest absolute Gasteiger partial charge is 0.332 e. The number of rotatable bonds is 6. The van der Waals surface area contributed by atoms with Crippen LogP contribution in [0.5, 0.6) is 0 Å². The maximum atomic E-state index is 13.2. The van der Waals surface area contributed by atoms with Crippen molar-refractivity contribution in [2.75, 3.05) is 26.3 Å². The Kier molecular flexibility index (Phi) is 6.63. The Bertz CT molecular complexity index is 1320. The minimum absolute atomic E-state index is 0.0945. The lowest BCUT2D eigenvalue weighted by Gasteiger charge is -2.33. The van der Waals surface area contributed by atoms with Gasteiger partial charge in [-0.05, 0) is 17.7 Å². The molecule has 0 N–H and O–H groups in total. The first kappa shape index (κ1) is 23.1. The molecule has 176 valence electrons. The van der Waals surface area contributed by atoms with E-state index in [9.17, 15) is 18.8 Å². The summed E-state index contributed by atoms with van der Waals surface area (Å²) in [5.41, 5.74) is 0.0822. The highest BCUT2D eigenvalue weighted by Crippen LogP contribution is 2.18. The molecule has 4 rings (SSSR count). The fourth-order valence-electron chi connectivity index (χ4n) is 3.75. The number of imidazole rings is 1. The zero-order chi connectivity index (χ0) is 23.7. The van der Waals surface area contributed by atoms with Crippen molar-refractivity contribution in [2.24, 2.45) is 14.1 Å². The number of hydrogen-bond donors (Lipinski definition) is 0. The summed E-state index contributed by atoms with van der Waals surface area (Å²) in [5.74, 6) is -0.626. The van der Waals surface area contributed by atoms with Gasteiger partial charge in [-0.1, -0.05) is 17.7 Å². The number of aromatic nitrogens is 4. The largest absolute Gasteiger partial charge is 0.374 e. The van der Waals surface area contributed by atoms with Crippen LogP contribution < -0.4 is 11.2 Å². The third kappa shape index (κ3) is 4.70. The van der Waals surface area contributed by atoms with Gasteiger partial charge in [0.1, 0.15) is 12.4 Å². The molecular weight excluding hydrogens is 457 g/mol. The lowest BCUT2D eigenvalue weighted by Crippen LogP contribution is -2.48. The molecule has 12 heteroatoms. The molecule has 0 aliphatic carbocycles. The first-order valence-corrected chi connectivity index (χ1v) is 10.7. The molecule has 1 fully saturated rings. The Hall–Kier alpha value is -3.02. The summed E-state index contributed by atoms with van der Waals surface area (Å²) in [4.78, 5) is 43.4. The molecule has 1 saturated heterocycles. The minimum atomic E-state index is -0.508. The number of halogens is 2. The van der Waals surface area contributed by atoms with E-state index in [4.69, 9.17) is 21.1 Å². The average Bonchev–Trinajstić information content (AvgIpc) is 3.21. The number of nitrogens with zero attached hydrogens (tertiary/aromatic N) is 5. The van der Waals surface area contributed by atoms with Crippen LogP contribution in [-0.4, -0.2) is 61.9 Å². The Morgan fingerprint density at radius 2 is 2.09 bits per heavy atom. The second-order valence-corrected chi connectivity index (χ2v) is 8.24. The van der Waals surface area contributed by atoms with E-state index in [0.717, 1.165) is 4.57 Å². The molecule has 1 unspecified atom stereocenters. The van der Waals surface area contributed by atoms with Gasteiger partial charge < -0.3 is 18.9 Å². The first-order chi connectivity index (χ1) is 15.8. The van der Waals surface area contributed by atoms with E-state index in [1.807, 2.05) is 0 Å². The molecule has 1 amide bonds. The Morgan fingerprint density at radius 1 is 1.30 bits per heavy atom. The van der Waals surface area contributed by atoms with Crippen LogP contribution >= 0.6 is 11.6 Å². The second-order valence-electron chi connectivity index (χ2n) is 7.83. The van der Waals surface area contributed by atoms with Crippen LogP contribution in [0.4, 0.5) is 4.39 Å². The molecule has 1 aliphatic heterocycles. The molecule has 1 aromatic carbocycles. The standard InChI is InChI=1S/C21H23ClFN5O5/c1-25-19-18(20(30)26(2)21(25)31)28(12-24-19)9-17(29)27-5-6-33-15(8-27)11-32-10-13-3-4-14(23)7-16(13)22/h3-4,7,12,15H,5-6,8-11H2,1-2H3. The van der Waals surface area contributed by atoms with Crippen LogP contribution in [0.2, 0.25) is 5.02 Å². The van der Waals surface area contributed by atoms with Gasteiger partial charge in [0.15, 0.2) is 11.2 Å². The quantitative estimate of drug-likeness (QED) is 0.515. The number of amides is 1.